The first-order chi connectivity index (χ1) is 8.74. The van der Waals surface area contributed by atoms with Crippen LogP contribution in [0, 0.1) is 11.8 Å². The Morgan fingerprint density at radius 1 is 1.53 bits per heavy atom. The number of rotatable bonds is 9. The second kappa shape index (κ2) is 6.71. The highest BCUT2D eigenvalue weighted by atomic mass is 16.1. The monoisotopic (exact) mass is 269 g/mol. The Bertz CT molecular complexity index is 306. The predicted molar refractivity (Wildman–Crippen MR) is 79.9 cm³/mol. The number of nitrogens with one attached hydrogen (secondary N) is 1. The average Bonchev–Trinajstić information content (AvgIpc) is 2.92. The number of hydrogen-bond acceptors (Lipinski definition) is 3. The standard InChI is InChI=1S/C15H31N3O/c1-11(2)17-15(4,14(16)19)7-6-8-18(5)10-13-9-12(13)3/h11-13,17H,6-10H2,1-5H3,(H2,16,19). The van der Waals surface area contributed by atoms with Gasteiger partial charge in [-0.15, -0.1) is 0 Å². The summed E-state index contributed by atoms with van der Waals surface area (Å²) in [6.45, 7) is 10.5. The van der Waals surface area contributed by atoms with Crippen LogP contribution >= 0.6 is 0 Å². The minimum atomic E-state index is -0.581. The van der Waals surface area contributed by atoms with E-state index in [-0.39, 0.29) is 11.9 Å². The summed E-state index contributed by atoms with van der Waals surface area (Å²) in [6.07, 6.45) is 3.17. The second-order valence-corrected chi connectivity index (χ2v) is 6.83. The molecule has 1 amide bonds. The van der Waals surface area contributed by atoms with Gasteiger partial charge in [-0.05, 0) is 65.5 Å². The van der Waals surface area contributed by atoms with Crippen LogP contribution in [0.25, 0.3) is 0 Å². The van der Waals surface area contributed by atoms with Gasteiger partial charge in [0, 0.05) is 12.6 Å². The second-order valence-electron chi connectivity index (χ2n) is 6.83. The summed E-state index contributed by atoms with van der Waals surface area (Å²) in [5.74, 6) is 1.54. The van der Waals surface area contributed by atoms with E-state index in [1.54, 1.807) is 0 Å². The lowest BCUT2D eigenvalue weighted by molar-refractivity contribution is -0.124. The van der Waals surface area contributed by atoms with Gasteiger partial charge in [-0.2, -0.15) is 0 Å². The van der Waals surface area contributed by atoms with Gasteiger partial charge in [0.05, 0.1) is 5.54 Å². The lowest BCUT2D eigenvalue weighted by Gasteiger charge is -2.30. The van der Waals surface area contributed by atoms with Gasteiger partial charge in [0.2, 0.25) is 5.91 Å². The lowest BCUT2D eigenvalue weighted by atomic mass is 9.94. The number of amides is 1. The third-order valence-electron chi connectivity index (χ3n) is 4.19. The van der Waals surface area contributed by atoms with Gasteiger partial charge >= 0.3 is 0 Å². The van der Waals surface area contributed by atoms with Crippen molar-refractivity contribution in [2.45, 2.75) is 58.5 Å². The van der Waals surface area contributed by atoms with Gasteiger partial charge < -0.3 is 16.0 Å². The Hall–Kier alpha value is -0.610. The Morgan fingerprint density at radius 2 is 2.11 bits per heavy atom. The molecule has 4 heteroatoms. The van der Waals surface area contributed by atoms with E-state index in [0.29, 0.717) is 0 Å². The zero-order valence-electron chi connectivity index (χ0n) is 13.2. The predicted octanol–water partition coefficient (Wildman–Crippen LogP) is 1.60. The highest BCUT2D eigenvalue weighted by molar-refractivity contribution is 5.84. The number of hydrogen-bond donors (Lipinski definition) is 2. The summed E-state index contributed by atoms with van der Waals surface area (Å²) >= 11 is 0. The number of carbonyl (C=O) groups excluding carboxylic acids is 1. The van der Waals surface area contributed by atoms with E-state index < -0.39 is 5.54 Å². The van der Waals surface area contributed by atoms with Crippen LogP contribution in [0.2, 0.25) is 0 Å². The van der Waals surface area contributed by atoms with E-state index in [0.717, 1.165) is 31.2 Å². The van der Waals surface area contributed by atoms with E-state index in [2.05, 4.69) is 24.2 Å². The van der Waals surface area contributed by atoms with Crippen LogP contribution in [0.15, 0.2) is 0 Å². The van der Waals surface area contributed by atoms with Gasteiger partial charge in [0.1, 0.15) is 0 Å². The molecule has 0 heterocycles. The van der Waals surface area contributed by atoms with Gasteiger partial charge in [-0.3, -0.25) is 4.79 Å². The molecule has 0 radical (unpaired) electrons. The van der Waals surface area contributed by atoms with Gasteiger partial charge in [-0.25, -0.2) is 0 Å². The molecule has 1 saturated carbocycles. The lowest BCUT2D eigenvalue weighted by Crippen LogP contribution is -2.55. The summed E-state index contributed by atoms with van der Waals surface area (Å²) in [7, 11) is 2.17. The highest BCUT2D eigenvalue weighted by Gasteiger charge is 2.34. The summed E-state index contributed by atoms with van der Waals surface area (Å²) in [4.78, 5) is 14.0. The number of primary amides is 1. The molecule has 0 aromatic carbocycles. The normalized spacial score (nSPS) is 25.6. The van der Waals surface area contributed by atoms with Crippen LogP contribution in [-0.2, 0) is 4.79 Å². The molecule has 0 aromatic heterocycles. The van der Waals surface area contributed by atoms with Crippen LogP contribution in [0.5, 0.6) is 0 Å². The van der Waals surface area contributed by atoms with Gasteiger partial charge in [-0.1, -0.05) is 6.92 Å². The van der Waals surface area contributed by atoms with E-state index in [1.165, 1.54) is 13.0 Å². The van der Waals surface area contributed by atoms with Crippen LogP contribution in [0.4, 0.5) is 0 Å². The Kier molecular flexibility index (Phi) is 5.81. The molecule has 3 unspecified atom stereocenters. The molecular formula is C15H31N3O. The fourth-order valence-corrected chi connectivity index (χ4v) is 2.75. The minimum Gasteiger partial charge on any atom is -0.368 e. The zero-order chi connectivity index (χ0) is 14.6. The minimum absolute atomic E-state index is 0.250. The highest BCUT2D eigenvalue weighted by Crippen LogP contribution is 2.37. The van der Waals surface area contributed by atoms with Crippen LogP contribution < -0.4 is 11.1 Å². The summed E-state index contributed by atoms with van der Waals surface area (Å²) in [5.41, 5.74) is 4.95. The first-order valence-corrected chi connectivity index (χ1v) is 7.50. The molecule has 1 aliphatic carbocycles. The van der Waals surface area contributed by atoms with Gasteiger partial charge in [0.15, 0.2) is 0 Å². The van der Waals surface area contributed by atoms with Crippen molar-refractivity contribution in [3.05, 3.63) is 0 Å². The van der Waals surface area contributed by atoms with E-state index in [1.807, 2.05) is 20.8 Å². The first kappa shape index (κ1) is 16.4. The van der Waals surface area contributed by atoms with Crippen LogP contribution in [0.3, 0.4) is 0 Å². The van der Waals surface area contributed by atoms with Crippen molar-refractivity contribution in [1.82, 2.24) is 10.2 Å². The van der Waals surface area contributed by atoms with Crippen molar-refractivity contribution in [1.29, 1.82) is 0 Å². The Balaban J connectivity index is 2.29. The number of carbonyl (C=O) groups is 1. The van der Waals surface area contributed by atoms with Crippen molar-refractivity contribution < 1.29 is 4.79 Å². The van der Waals surface area contributed by atoms with Crippen molar-refractivity contribution in [3.8, 4) is 0 Å². The van der Waals surface area contributed by atoms with E-state index in [4.69, 9.17) is 5.73 Å². The molecule has 112 valence electrons. The number of nitrogens with zero attached hydrogens (tertiary/aromatic N) is 1. The maximum absolute atomic E-state index is 11.6. The smallest absolute Gasteiger partial charge is 0.237 e. The molecule has 1 fully saturated rings. The fraction of sp³-hybridized carbons (Fsp3) is 0.933. The third-order valence-corrected chi connectivity index (χ3v) is 4.19. The topological polar surface area (TPSA) is 58.4 Å². The fourth-order valence-electron chi connectivity index (χ4n) is 2.75. The molecule has 3 atom stereocenters. The summed E-state index contributed by atoms with van der Waals surface area (Å²) < 4.78 is 0. The molecule has 0 spiro atoms. The van der Waals surface area contributed by atoms with Crippen molar-refractivity contribution in [2.24, 2.45) is 17.6 Å². The van der Waals surface area contributed by atoms with E-state index >= 15 is 0 Å². The van der Waals surface area contributed by atoms with E-state index in [9.17, 15) is 4.79 Å². The molecule has 19 heavy (non-hydrogen) atoms. The molecule has 0 saturated heterocycles. The zero-order valence-corrected chi connectivity index (χ0v) is 13.2. The SMILES string of the molecule is CC(C)NC(C)(CCCN(C)CC1CC1C)C(N)=O. The molecule has 4 nitrogen and oxygen atoms in total. The third kappa shape index (κ3) is 5.49. The Morgan fingerprint density at radius 3 is 2.53 bits per heavy atom. The molecule has 1 aliphatic rings. The maximum atomic E-state index is 11.6. The first-order valence-electron chi connectivity index (χ1n) is 7.50. The van der Waals surface area contributed by atoms with Crippen molar-refractivity contribution in [3.63, 3.8) is 0 Å². The molecule has 0 aliphatic heterocycles. The molecule has 0 bridgehead atoms. The van der Waals surface area contributed by atoms with Crippen molar-refractivity contribution in [2.75, 3.05) is 20.1 Å². The number of nitrogens with two attached hydrogens (primary N) is 1. The van der Waals surface area contributed by atoms with Crippen LogP contribution in [0.1, 0.15) is 47.0 Å². The Labute approximate surface area is 118 Å². The maximum Gasteiger partial charge on any atom is 0.237 e. The van der Waals surface area contributed by atoms with Crippen LogP contribution in [-0.4, -0.2) is 42.5 Å². The average molecular weight is 269 g/mol. The van der Waals surface area contributed by atoms with Gasteiger partial charge in [0.25, 0.3) is 0 Å². The largest absolute Gasteiger partial charge is 0.368 e. The molecule has 3 N–H and O–H groups in total. The quantitative estimate of drug-likeness (QED) is 0.668. The van der Waals surface area contributed by atoms with Crippen molar-refractivity contribution >= 4 is 5.91 Å². The molecule has 1 rings (SSSR count). The summed E-state index contributed by atoms with van der Waals surface area (Å²) in [6, 6.07) is 0.266. The summed E-state index contributed by atoms with van der Waals surface area (Å²) in [5, 5.41) is 3.30. The molecule has 0 aromatic rings. The molecular weight excluding hydrogens is 238 g/mol.